The molecule has 110 valence electrons. The van der Waals surface area contributed by atoms with Gasteiger partial charge in [0.25, 0.3) is 5.91 Å². The van der Waals surface area contributed by atoms with E-state index < -0.39 is 30.0 Å². The van der Waals surface area contributed by atoms with Crippen molar-refractivity contribution in [3.8, 4) is 0 Å². The summed E-state index contributed by atoms with van der Waals surface area (Å²) in [7, 11) is 0. The van der Waals surface area contributed by atoms with Gasteiger partial charge < -0.3 is 26.3 Å². The molecule has 0 bridgehead atoms. The van der Waals surface area contributed by atoms with Gasteiger partial charge in [-0.1, -0.05) is 0 Å². The number of thioether (sulfide) groups is 1. The Kier molecular flexibility index (Phi) is 8.17. The van der Waals surface area contributed by atoms with Crippen molar-refractivity contribution in [1.29, 1.82) is 0 Å². The lowest BCUT2D eigenvalue weighted by atomic mass is 10.2. The predicted molar refractivity (Wildman–Crippen MR) is 69.9 cm³/mol. The van der Waals surface area contributed by atoms with Crippen LogP contribution in [-0.2, 0) is 14.4 Å². The summed E-state index contributed by atoms with van der Waals surface area (Å²) in [4.78, 5) is 33.8. The number of aliphatic carboxylic acids is 1. The largest absolute Gasteiger partial charge is 0.548 e. The molecule has 0 aromatic rings. The number of carboxylic acid groups (broad SMARTS) is 1. The van der Waals surface area contributed by atoms with E-state index >= 15 is 0 Å². The Balaban J connectivity index is 4.21. The monoisotopic (exact) mass is 291 g/mol. The quantitative estimate of drug-likeness (QED) is 0.442. The lowest BCUT2D eigenvalue weighted by molar-refractivity contribution is -0.404. The maximum Gasteiger partial charge on any atom is 0.278 e. The van der Waals surface area contributed by atoms with Gasteiger partial charge in [0.1, 0.15) is 6.04 Å². The fourth-order valence-corrected chi connectivity index (χ4v) is 1.71. The Morgan fingerprint density at radius 1 is 1.16 bits per heavy atom. The smallest absolute Gasteiger partial charge is 0.278 e. The minimum atomic E-state index is -1.37. The van der Waals surface area contributed by atoms with Crippen LogP contribution in [0.1, 0.15) is 20.3 Å². The summed E-state index contributed by atoms with van der Waals surface area (Å²) in [5, 5.41) is 15.2. The van der Waals surface area contributed by atoms with Crippen molar-refractivity contribution in [2.75, 3.05) is 12.0 Å². The summed E-state index contributed by atoms with van der Waals surface area (Å²) < 4.78 is 0. The minimum Gasteiger partial charge on any atom is -0.548 e. The van der Waals surface area contributed by atoms with Crippen LogP contribution in [0.25, 0.3) is 0 Å². The normalized spacial score (nSPS) is 15.2. The minimum absolute atomic E-state index is 0.321. The molecule has 0 rings (SSSR count). The highest BCUT2D eigenvalue weighted by Gasteiger charge is 2.22. The molecule has 0 heterocycles. The summed E-state index contributed by atoms with van der Waals surface area (Å²) in [5.41, 5.74) is 3.72. The second-order valence-electron chi connectivity index (χ2n) is 4.26. The number of amides is 2. The molecule has 0 saturated carbocycles. The highest BCUT2D eigenvalue weighted by Crippen LogP contribution is 1.98. The molecular formula is C11H21N3O4S. The number of nitrogens with one attached hydrogen (secondary N) is 2. The van der Waals surface area contributed by atoms with E-state index in [9.17, 15) is 19.5 Å². The van der Waals surface area contributed by atoms with Gasteiger partial charge in [0.15, 0.2) is 6.04 Å². The average Bonchev–Trinajstić information content (AvgIpc) is 2.35. The number of quaternary nitrogens is 1. The highest BCUT2D eigenvalue weighted by molar-refractivity contribution is 7.98. The van der Waals surface area contributed by atoms with E-state index in [4.69, 9.17) is 0 Å². The van der Waals surface area contributed by atoms with Crippen LogP contribution in [0.3, 0.4) is 0 Å². The van der Waals surface area contributed by atoms with Crippen LogP contribution in [0.2, 0.25) is 0 Å². The first-order valence-corrected chi connectivity index (χ1v) is 7.32. The Labute approximate surface area is 116 Å². The number of rotatable bonds is 8. The van der Waals surface area contributed by atoms with Crippen molar-refractivity contribution in [2.24, 2.45) is 0 Å². The second-order valence-corrected chi connectivity index (χ2v) is 5.24. The van der Waals surface area contributed by atoms with Gasteiger partial charge in [-0.25, -0.2) is 0 Å². The molecule has 0 aliphatic rings. The summed E-state index contributed by atoms with van der Waals surface area (Å²) >= 11 is 1.61. The lowest BCUT2D eigenvalue weighted by Gasteiger charge is -2.19. The zero-order valence-electron chi connectivity index (χ0n) is 11.4. The molecule has 3 atom stereocenters. The van der Waals surface area contributed by atoms with E-state index in [0.717, 1.165) is 5.75 Å². The van der Waals surface area contributed by atoms with Crippen LogP contribution in [0.5, 0.6) is 0 Å². The van der Waals surface area contributed by atoms with E-state index in [1.54, 1.807) is 11.8 Å². The molecule has 5 N–H and O–H groups in total. The van der Waals surface area contributed by atoms with Crippen molar-refractivity contribution in [3.63, 3.8) is 0 Å². The molecule has 7 nitrogen and oxygen atoms in total. The van der Waals surface area contributed by atoms with Crippen LogP contribution >= 0.6 is 11.8 Å². The Bertz CT molecular complexity index is 338. The molecule has 0 aromatic heterocycles. The number of hydrogen-bond donors (Lipinski definition) is 3. The zero-order chi connectivity index (χ0) is 15.0. The SMILES string of the molecule is CSCC[C@H]([NH3+])C(=O)N[C@@H](C)C(=O)N[C@@H](C)C(=O)[O-]. The highest BCUT2D eigenvalue weighted by atomic mass is 32.2. The summed E-state index contributed by atoms with van der Waals surface area (Å²) in [6, 6.07) is -2.34. The van der Waals surface area contributed by atoms with Crippen molar-refractivity contribution >= 4 is 29.5 Å². The second kappa shape index (κ2) is 8.76. The van der Waals surface area contributed by atoms with Crippen LogP contribution in [0, 0.1) is 0 Å². The van der Waals surface area contributed by atoms with Crippen LogP contribution in [-0.4, -0.2) is 47.9 Å². The van der Waals surface area contributed by atoms with Gasteiger partial charge in [-0.15, -0.1) is 0 Å². The van der Waals surface area contributed by atoms with Crippen LogP contribution in [0.4, 0.5) is 0 Å². The molecule has 0 aliphatic carbocycles. The first-order chi connectivity index (χ1) is 8.79. The number of hydrogen-bond acceptors (Lipinski definition) is 5. The van der Waals surface area contributed by atoms with Gasteiger partial charge in [-0.3, -0.25) is 9.59 Å². The molecule has 0 radical (unpaired) electrons. The standard InChI is InChI=1S/C11H21N3O4S/c1-6(9(15)14-7(2)11(17)18)13-10(16)8(12)4-5-19-3/h6-8H,4-5,12H2,1-3H3,(H,13,16)(H,14,15)(H,17,18)/t6-,7-,8-/m0/s1. The van der Waals surface area contributed by atoms with E-state index in [1.807, 2.05) is 6.26 Å². The topological polar surface area (TPSA) is 126 Å². The summed E-state index contributed by atoms with van der Waals surface area (Å²) in [6.45, 7) is 2.78. The number of carbonyl (C=O) groups excluding carboxylic acids is 3. The predicted octanol–water partition coefficient (Wildman–Crippen LogP) is -2.89. The van der Waals surface area contributed by atoms with E-state index in [2.05, 4.69) is 16.4 Å². The van der Waals surface area contributed by atoms with Gasteiger partial charge >= 0.3 is 0 Å². The average molecular weight is 291 g/mol. The molecule has 19 heavy (non-hydrogen) atoms. The van der Waals surface area contributed by atoms with Crippen molar-refractivity contribution in [1.82, 2.24) is 10.6 Å². The van der Waals surface area contributed by atoms with Crippen molar-refractivity contribution in [2.45, 2.75) is 38.4 Å². The first-order valence-electron chi connectivity index (χ1n) is 5.93. The maximum atomic E-state index is 11.7. The molecule has 0 saturated heterocycles. The van der Waals surface area contributed by atoms with Gasteiger partial charge in [0, 0.05) is 6.42 Å². The molecule has 0 aliphatic heterocycles. The Hall–Kier alpha value is -1.28. The molecule has 0 spiro atoms. The fraction of sp³-hybridized carbons (Fsp3) is 0.727. The third-order valence-corrected chi connectivity index (χ3v) is 3.15. The molecule has 0 aromatic carbocycles. The summed E-state index contributed by atoms with van der Waals surface area (Å²) in [5.74, 6) is -1.45. The van der Waals surface area contributed by atoms with E-state index in [-0.39, 0.29) is 5.91 Å². The maximum absolute atomic E-state index is 11.7. The molecule has 0 fully saturated rings. The van der Waals surface area contributed by atoms with E-state index in [0.29, 0.717) is 6.42 Å². The van der Waals surface area contributed by atoms with Crippen LogP contribution in [0.15, 0.2) is 0 Å². The van der Waals surface area contributed by atoms with E-state index in [1.165, 1.54) is 13.8 Å². The molecule has 8 heteroatoms. The zero-order valence-corrected chi connectivity index (χ0v) is 12.2. The number of carboxylic acids is 1. The van der Waals surface area contributed by atoms with Gasteiger partial charge in [0.05, 0.1) is 12.0 Å². The molecular weight excluding hydrogens is 270 g/mol. The Morgan fingerprint density at radius 2 is 1.68 bits per heavy atom. The first kappa shape index (κ1) is 17.7. The number of carbonyl (C=O) groups is 3. The lowest BCUT2D eigenvalue weighted by Crippen LogP contribution is -2.69. The molecule has 2 amide bonds. The Morgan fingerprint density at radius 3 is 2.16 bits per heavy atom. The fourth-order valence-electron chi connectivity index (χ4n) is 1.19. The van der Waals surface area contributed by atoms with Gasteiger partial charge in [0.2, 0.25) is 5.91 Å². The van der Waals surface area contributed by atoms with Gasteiger partial charge in [-0.2, -0.15) is 11.8 Å². The summed E-state index contributed by atoms with van der Waals surface area (Å²) in [6.07, 6.45) is 2.55. The third kappa shape index (κ3) is 7.02. The van der Waals surface area contributed by atoms with Crippen LogP contribution < -0.4 is 21.5 Å². The van der Waals surface area contributed by atoms with Crippen molar-refractivity contribution < 1.29 is 25.2 Å². The van der Waals surface area contributed by atoms with Gasteiger partial charge in [-0.05, 0) is 25.9 Å². The molecule has 0 unspecified atom stereocenters. The third-order valence-electron chi connectivity index (χ3n) is 2.51. The van der Waals surface area contributed by atoms with Crippen molar-refractivity contribution in [3.05, 3.63) is 0 Å².